The van der Waals surface area contributed by atoms with Gasteiger partial charge in [0.05, 0.1) is 39.1 Å². The molecule has 2 aromatic heterocycles. The fourth-order valence-electron chi connectivity index (χ4n) is 3.56. The summed E-state index contributed by atoms with van der Waals surface area (Å²) in [5.41, 5.74) is 3.21. The number of benzene rings is 3. The van der Waals surface area contributed by atoms with E-state index in [0.29, 0.717) is 26.9 Å². The third-order valence-electron chi connectivity index (χ3n) is 4.79. The molecule has 0 radical (unpaired) electrons. The highest BCUT2D eigenvalue weighted by Gasteiger charge is 2.20. The number of para-hydroxylation sites is 1. The molecule has 0 spiro atoms. The van der Waals surface area contributed by atoms with Gasteiger partial charge in [0.15, 0.2) is 0 Å². The number of fused-ring (bicyclic) bond motifs is 3. The molecule has 0 saturated carbocycles. The first-order valence-corrected chi connectivity index (χ1v) is 10.3. The van der Waals surface area contributed by atoms with Gasteiger partial charge in [-0.25, -0.2) is 4.79 Å². The molecule has 0 N–H and O–H groups in total. The van der Waals surface area contributed by atoms with Gasteiger partial charge in [-0.15, -0.1) is 0 Å². The maximum Gasteiger partial charge on any atom is 0.338 e. The summed E-state index contributed by atoms with van der Waals surface area (Å²) in [5, 5.41) is 1.87. The van der Waals surface area contributed by atoms with Gasteiger partial charge in [-0.05, 0) is 48.5 Å². The second-order valence-electron chi connectivity index (χ2n) is 6.54. The number of aromatic nitrogens is 3. The molecular formula is C22H12BrCl2N3O. The van der Waals surface area contributed by atoms with Crippen molar-refractivity contribution in [2.45, 2.75) is 0 Å². The number of hydrogen-bond donors (Lipinski definition) is 0. The Labute approximate surface area is 184 Å². The zero-order valence-electron chi connectivity index (χ0n) is 14.8. The number of hydrogen-bond acceptors (Lipinski definition) is 2. The molecule has 5 rings (SSSR count). The number of imidazole rings is 1. The van der Waals surface area contributed by atoms with Crippen molar-refractivity contribution in [1.82, 2.24) is 14.1 Å². The van der Waals surface area contributed by atoms with Gasteiger partial charge >= 0.3 is 5.69 Å². The first-order chi connectivity index (χ1) is 14.0. The van der Waals surface area contributed by atoms with Crippen LogP contribution in [0.15, 0.2) is 82.2 Å². The van der Waals surface area contributed by atoms with Crippen LogP contribution in [0.25, 0.3) is 33.3 Å². The first-order valence-electron chi connectivity index (χ1n) is 8.77. The Morgan fingerprint density at radius 2 is 1.72 bits per heavy atom. The van der Waals surface area contributed by atoms with E-state index in [2.05, 4.69) is 20.9 Å². The highest BCUT2D eigenvalue weighted by Crippen LogP contribution is 2.31. The zero-order valence-corrected chi connectivity index (χ0v) is 17.9. The molecule has 0 atom stereocenters. The number of halogens is 3. The largest absolute Gasteiger partial charge is 0.338 e. The molecule has 2 heterocycles. The van der Waals surface area contributed by atoms with Crippen molar-refractivity contribution in [2.75, 3.05) is 0 Å². The predicted octanol–water partition coefficient (Wildman–Crippen LogP) is 6.40. The van der Waals surface area contributed by atoms with E-state index < -0.39 is 0 Å². The van der Waals surface area contributed by atoms with E-state index in [4.69, 9.17) is 23.2 Å². The van der Waals surface area contributed by atoms with Crippen LogP contribution in [0.2, 0.25) is 10.0 Å². The van der Waals surface area contributed by atoms with Gasteiger partial charge in [-0.2, -0.15) is 0 Å². The molecule has 0 saturated heterocycles. The molecule has 0 bridgehead atoms. The Morgan fingerprint density at radius 1 is 0.897 bits per heavy atom. The minimum absolute atomic E-state index is 0.246. The molecule has 0 fully saturated rings. The summed E-state index contributed by atoms with van der Waals surface area (Å²) in [6.45, 7) is 0. The van der Waals surface area contributed by atoms with Crippen molar-refractivity contribution < 1.29 is 0 Å². The lowest BCUT2D eigenvalue weighted by Gasteiger charge is -2.07. The molecule has 0 aliphatic carbocycles. The number of nitrogens with zero attached hydrogens (tertiary/aromatic N) is 3. The molecule has 4 nitrogen and oxygen atoms in total. The van der Waals surface area contributed by atoms with Gasteiger partial charge in [-0.3, -0.25) is 14.1 Å². The van der Waals surface area contributed by atoms with Crippen LogP contribution in [-0.4, -0.2) is 14.1 Å². The normalized spacial score (nSPS) is 11.4. The molecular weight excluding hydrogens is 473 g/mol. The lowest BCUT2D eigenvalue weighted by Crippen LogP contribution is -2.22. The molecule has 7 heteroatoms. The summed E-state index contributed by atoms with van der Waals surface area (Å²) in [5.74, 6) is 0. The van der Waals surface area contributed by atoms with Gasteiger partial charge in [0.2, 0.25) is 0 Å². The lowest BCUT2D eigenvalue weighted by atomic mass is 10.2. The van der Waals surface area contributed by atoms with Crippen molar-refractivity contribution in [3.8, 4) is 11.4 Å². The van der Waals surface area contributed by atoms with Crippen molar-refractivity contribution in [2.24, 2.45) is 0 Å². The topological polar surface area (TPSA) is 39.8 Å². The Morgan fingerprint density at radius 3 is 2.52 bits per heavy atom. The highest BCUT2D eigenvalue weighted by atomic mass is 79.9. The minimum atomic E-state index is -0.246. The Hall–Kier alpha value is -2.60. The van der Waals surface area contributed by atoms with E-state index in [1.54, 1.807) is 33.5 Å². The van der Waals surface area contributed by atoms with Crippen molar-refractivity contribution in [1.29, 1.82) is 0 Å². The highest BCUT2D eigenvalue weighted by molar-refractivity contribution is 9.10. The number of rotatable bonds is 2. The summed E-state index contributed by atoms with van der Waals surface area (Å²) < 4.78 is 4.14. The average Bonchev–Trinajstić information content (AvgIpc) is 3.00. The second-order valence-corrected chi connectivity index (χ2v) is 8.30. The quantitative estimate of drug-likeness (QED) is 0.291. The fraction of sp³-hybridized carbons (Fsp3) is 0. The van der Waals surface area contributed by atoms with Gasteiger partial charge in [0.1, 0.15) is 0 Å². The second kappa shape index (κ2) is 7.02. The van der Waals surface area contributed by atoms with Crippen molar-refractivity contribution in [3.63, 3.8) is 0 Å². The Bertz CT molecular complexity index is 1470. The SMILES string of the molecule is O=c1n(-c2cccc(Cl)c2)c2cnc3ccc(Br)cc3c2n1-c1ccccc1Cl. The van der Waals surface area contributed by atoms with Gasteiger partial charge in [-0.1, -0.05) is 57.3 Å². The van der Waals surface area contributed by atoms with Crippen LogP contribution in [0, 0.1) is 0 Å². The van der Waals surface area contributed by atoms with Crippen molar-refractivity contribution in [3.05, 3.63) is 97.9 Å². The summed E-state index contributed by atoms with van der Waals surface area (Å²) >= 11 is 16.2. The first kappa shape index (κ1) is 18.4. The number of pyridine rings is 1. The van der Waals surface area contributed by atoms with Gasteiger partial charge in [0.25, 0.3) is 0 Å². The third kappa shape index (κ3) is 2.97. The van der Waals surface area contributed by atoms with E-state index in [9.17, 15) is 4.79 Å². The molecule has 0 aliphatic heterocycles. The molecule has 5 aromatic rings. The van der Waals surface area contributed by atoms with Crippen molar-refractivity contribution >= 4 is 61.1 Å². The average molecular weight is 485 g/mol. The monoisotopic (exact) mass is 483 g/mol. The van der Waals surface area contributed by atoms with E-state index in [-0.39, 0.29) is 5.69 Å². The van der Waals surface area contributed by atoms with Crippen LogP contribution in [0.4, 0.5) is 0 Å². The van der Waals surface area contributed by atoms with Crippen LogP contribution in [0.3, 0.4) is 0 Å². The molecule has 29 heavy (non-hydrogen) atoms. The maximum absolute atomic E-state index is 13.7. The third-order valence-corrected chi connectivity index (χ3v) is 5.84. The van der Waals surface area contributed by atoms with E-state index >= 15 is 0 Å². The van der Waals surface area contributed by atoms with E-state index in [1.165, 1.54) is 0 Å². The molecule has 0 unspecified atom stereocenters. The van der Waals surface area contributed by atoms with Gasteiger partial charge < -0.3 is 0 Å². The van der Waals surface area contributed by atoms with Crippen LogP contribution < -0.4 is 5.69 Å². The van der Waals surface area contributed by atoms with Crippen LogP contribution >= 0.6 is 39.1 Å². The zero-order chi connectivity index (χ0) is 20.1. The predicted molar refractivity (Wildman–Crippen MR) is 122 cm³/mol. The molecule has 3 aromatic carbocycles. The smallest absolute Gasteiger partial charge is 0.259 e. The minimum Gasteiger partial charge on any atom is -0.259 e. The van der Waals surface area contributed by atoms with Crippen LogP contribution in [0.5, 0.6) is 0 Å². The van der Waals surface area contributed by atoms with Crippen LogP contribution in [-0.2, 0) is 0 Å². The molecule has 0 aliphatic rings. The molecule has 142 valence electrons. The Kier molecular flexibility index (Phi) is 4.46. The fourth-order valence-corrected chi connectivity index (χ4v) is 4.32. The summed E-state index contributed by atoms with van der Waals surface area (Å²) in [4.78, 5) is 18.2. The standard InChI is InChI=1S/C22H12BrCl2N3O/c23-13-8-9-18-16(10-13)21-20(12-26-18)27(15-5-3-4-14(24)11-15)22(29)28(21)19-7-2-1-6-17(19)25/h1-12H. The Balaban J connectivity index is 2.02. The van der Waals surface area contributed by atoms with E-state index in [0.717, 1.165) is 20.9 Å². The summed E-state index contributed by atoms with van der Waals surface area (Å²) in [7, 11) is 0. The van der Waals surface area contributed by atoms with E-state index in [1.807, 2.05) is 48.5 Å². The van der Waals surface area contributed by atoms with Gasteiger partial charge in [0, 0.05) is 14.9 Å². The molecule has 0 amide bonds. The summed E-state index contributed by atoms with van der Waals surface area (Å²) in [6.07, 6.45) is 1.71. The lowest BCUT2D eigenvalue weighted by molar-refractivity contribution is 0.931. The maximum atomic E-state index is 13.7. The van der Waals surface area contributed by atoms with Crippen LogP contribution in [0.1, 0.15) is 0 Å². The summed E-state index contributed by atoms with van der Waals surface area (Å²) in [6, 6.07) is 20.3.